The van der Waals surface area contributed by atoms with Crippen molar-refractivity contribution in [3.63, 3.8) is 0 Å². The van der Waals surface area contributed by atoms with Crippen LogP contribution in [0, 0.1) is 17.5 Å². The van der Waals surface area contributed by atoms with Crippen molar-refractivity contribution in [2.75, 3.05) is 11.1 Å². The number of hydrogen-bond donors (Lipinski definition) is 1. The molecule has 1 aliphatic rings. The first-order valence-corrected chi connectivity index (χ1v) is 8.22. The number of thioether (sulfide) groups is 1. The van der Waals surface area contributed by atoms with Gasteiger partial charge in [-0.3, -0.25) is 4.79 Å². The summed E-state index contributed by atoms with van der Waals surface area (Å²) in [6.45, 7) is 0. The molecule has 1 atom stereocenters. The Morgan fingerprint density at radius 2 is 2.00 bits per heavy atom. The molecule has 1 aliphatic carbocycles. The fraction of sp³-hybridized carbons (Fsp3) is 0.235. The van der Waals surface area contributed by atoms with Crippen molar-refractivity contribution < 1.29 is 18.0 Å². The van der Waals surface area contributed by atoms with E-state index < -0.39 is 17.5 Å². The highest BCUT2D eigenvalue weighted by Gasteiger charge is 2.27. The maximum absolute atomic E-state index is 13.7. The zero-order valence-electron chi connectivity index (χ0n) is 12.1. The lowest BCUT2D eigenvalue weighted by Crippen LogP contribution is -2.14. The highest BCUT2D eigenvalue weighted by Crippen LogP contribution is 2.42. The zero-order valence-corrected chi connectivity index (χ0v) is 12.9. The van der Waals surface area contributed by atoms with E-state index in [0.29, 0.717) is 29.7 Å². The molecule has 6 heteroatoms. The van der Waals surface area contributed by atoms with Crippen LogP contribution in [0.2, 0.25) is 0 Å². The summed E-state index contributed by atoms with van der Waals surface area (Å²) < 4.78 is 40.1. The Balaban J connectivity index is 1.61. The Morgan fingerprint density at radius 3 is 2.78 bits per heavy atom. The van der Waals surface area contributed by atoms with Crippen molar-refractivity contribution in [3.05, 3.63) is 65.0 Å². The van der Waals surface area contributed by atoms with E-state index in [1.54, 1.807) is 6.07 Å². The summed E-state index contributed by atoms with van der Waals surface area (Å²) in [6.07, 6.45) is 1.22. The van der Waals surface area contributed by atoms with Gasteiger partial charge in [0.1, 0.15) is 17.5 Å². The number of rotatable bonds is 4. The van der Waals surface area contributed by atoms with E-state index in [1.807, 2.05) is 0 Å². The fourth-order valence-corrected chi connectivity index (χ4v) is 3.82. The van der Waals surface area contributed by atoms with Gasteiger partial charge in [0.05, 0.1) is 5.75 Å². The minimum Gasteiger partial charge on any atom is -0.325 e. The monoisotopic (exact) mass is 337 g/mol. The van der Waals surface area contributed by atoms with Gasteiger partial charge in [-0.1, -0.05) is 6.07 Å². The summed E-state index contributed by atoms with van der Waals surface area (Å²) in [7, 11) is 0. The van der Waals surface area contributed by atoms with Crippen molar-refractivity contribution in [3.8, 4) is 0 Å². The quantitative estimate of drug-likeness (QED) is 0.892. The largest absolute Gasteiger partial charge is 0.325 e. The number of anilines is 1. The van der Waals surface area contributed by atoms with Gasteiger partial charge in [-0.05, 0) is 48.2 Å². The van der Waals surface area contributed by atoms with E-state index in [2.05, 4.69) is 5.32 Å². The Hall–Kier alpha value is -1.95. The summed E-state index contributed by atoms with van der Waals surface area (Å²) in [4.78, 5) is 11.9. The minimum absolute atomic E-state index is 0.103. The number of amides is 1. The molecule has 0 fully saturated rings. The molecule has 0 bridgehead atoms. The van der Waals surface area contributed by atoms with E-state index in [4.69, 9.17) is 0 Å². The molecule has 1 N–H and O–H groups in total. The van der Waals surface area contributed by atoms with Crippen LogP contribution < -0.4 is 5.32 Å². The topological polar surface area (TPSA) is 29.1 Å². The average Bonchev–Trinajstić information content (AvgIpc) is 2.88. The third-order valence-corrected chi connectivity index (χ3v) is 5.04. The number of benzene rings is 2. The van der Waals surface area contributed by atoms with Crippen LogP contribution >= 0.6 is 11.8 Å². The number of carbonyl (C=O) groups is 1. The second kappa shape index (κ2) is 6.66. The number of carbonyl (C=O) groups excluding carboxylic acids is 1. The maximum Gasteiger partial charge on any atom is 0.234 e. The van der Waals surface area contributed by atoms with Gasteiger partial charge in [-0.2, -0.15) is 0 Å². The normalized spacial score (nSPS) is 16.2. The molecule has 0 saturated heterocycles. The lowest BCUT2D eigenvalue weighted by atomic mass is 10.1. The Labute approximate surface area is 136 Å². The van der Waals surface area contributed by atoms with Gasteiger partial charge in [0.2, 0.25) is 5.91 Å². The molecule has 0 spiro atoms. The van der Waals surface area contributed by atoms with Crippen LogP contribution in [0.25, 0.3) is 0 Å². The van der Waals surface area contributed by atoms with Crippen molar-refractivity contribution in [1.82, 2.24) is 0 Å². The molecule has 1 amide bonds. The van der Waals surface area contributed by atoms with Crippen LogP contribution in [0.15, 0.2) is 36.4 Å². The molecular formula is C17H14F3NOS. The molecule has 3 rings (SSSR count). The standard InChI is InChI=1S/C17H14F3NOS/c18-10-2-1-3-12(6-10)21-17(22)9-23-16-5-4-13-14(16)7-11(19)8-15(13)20/h1-3,6-8,16H,4-5,9H2,(H,21,22). The summed E-state index contributed by atoms with van der Waals surface area (Å²) in [5, 5.41) is 2.50. The Kier molecular flexibility index (Phi) is 4.61. The first-order chi connectivity index (χ1) is 11.0. The van der Waals surface area contributed by atoms with Crippen molar-refractivity contribution in [1.29, 1.82) is 0 Å². The van der Waals surface area contributed by atoms with Crippen LogP contribution in [-0.2, 0) is 11.2 Å². The molecule has 23 heavy (non-hydrogen) atoms. The summed E-state index contributed by atoms with van der Waals surface area (Å²) in [6, 6.07) is 7.87. The molecule has 1 unspecified atom stereocenters. The lowest BCUT2D eigenvalue weighted by Gasteiger charge is -2.12. The number of halogens is 3. The smallest absolute Gasteiger partial charge is 0.234 e. The molecule has 0 aromatic heterocycles. The fourth-order valence-electron chi connectivity index (χ4n) is 2.72. The first-order valence-electron chi connectivity index (χ1n) is 7.18. The van der Waals surface area contributed by atoms with E-state index in [9.17, 15) is 18.0 Å². The number of hydrogen-bond acceptors (Lipinski definition) is 2. The summed E-state index contributed by atoms with van der Waals surface area (Å²) in [5.74, 6) is -1.68. The average molecular weight is 337 g/mol. The molecule has 0 radical (unpaired) electrons. The van der Waals surface area contributed by atoms with Gasteiger partial charge in [-0.15, -0.1) is 11.8 Å². The van der Waals surface area contributed by atoms with Gasteiger partial charge in [0.15, 0.2) is 0 Å². The highest BCUT2D eigenvalue weighted by molar-refractivity contribution is 8.00. The predicted molar refractivity (Wildman–Crippen MR) is 84.9 cm³/mol. The molecule has 0 saturated carbocycles. The van der Waals surface area contributed by atoms with Crippen molar-refractivity contribution >= 4 is 23.4 Å². The zero-order chi connectivity index (χ0) is 16.4. The van der Waals surface area contributed by atoms with E-state index in [1.165, 1.54) is 36.0 Å². The van der Waals surface area contributed by atoms with Crippen LogP contribution in [0.5, 0.6) is 0 Å². The van der Waals surface area contributed by atoms with Crippen LogP contribution in [0.4, 0.5) is 18.9 Å². The van der Waals surface area contributed by atoms with E-state index in [0.717, 1.165) is 6.07 Å². The van der Waals surface area contributed by atoms with Gasteiger partial charge in [0, 0.05) is 17.0 Å². The van der Waals surface area contributed by atoms with Crippen molar-refractivity contribution in [2.24, 2.45) is 0 Å². The molecule has 120 valence electrons. The third kappa shape index (κ3) is 3.69. The Bertz CT molecular complexity index is 751. The Morgan fingerprint density at radius 1 is 1.17 bits per heavy atom. The number of fused-ring (bicyclic) bond motifs is 1. The second-order valence-electron chi connectivity index (χ2n) is 5.35. The van der Waals surface area contributed by atoms with E-state index >= 15 is 0 Å². The maximum atomic E-state index is 13.7. The van der Waals surface area contributed by atoms with Crippen LogP contribution in [-0.4, -0.2) is 11.7 Å². The molecular weight excluding hydrogens is 323 g/mol. The summed E-state index contributed by atoms with van der Waals surface area (Å²) in [5.41, 5.74) is 1.56. The lowest BCUT2D eigenvalue weighted by molar-refractivity contribution is -0.113. The SMILES string of the molecule is O=C(CSC1CCc2c(F)cc(F)cc21)Nc1cccc(F)c1. The van der Waals surface area contributed by atoms with Crippen LogP contribution in [0.3, 0.4) is 0 Å². The summed E-state index contributed by atoms with van der Waals surface area (Å²) >= 11 is 1.34. The van der Waals surface area contributed by atoms with Crippen molar-refractivity contribution in [2.45, 2.75) is 18.1 Å². The molecule has 2 aromatic carbocycles. The first kappa shape index (κ1) is 15.9. The van der Waals surface area contributed by atoms with Gasteiger partial charge in [0.25, 0.3) is 0 Å². The van der Waals surface area contributed by atoms with Gasteiger partial charge in [-0.25, -0.2) is 13.2 Å². The van der Waals surface area contributed by atoms with E-state index in [-0.39, 0.29) is 16.9 Å². The molecule has 2 nitrogen and oxygen atoms in total. The second-order valence-corrected chi connectivity index (χ2v) is 6.54. The minimum atomic E-state index is -0.599. The van der Waals surface area contributed by atoms with Gasteiger partial charge >= 0.3 is 0 Å². The molecule has 0 aliphatic heterocycles. The molecule has 0 heterocycles. The third-order valence-electron chi connectivity index (χ3n) is 3.72. The highest BCUT2D eigenvalue weighted by atomic mass is 32.2. The predicted octanol–water partition coefficient (Wildman–Crippen LogP) is 4.46. The number of nitrogens with one attached hydrogen (secondary N) is 1. The van der Waals surface area contributed by atoms with Gasteiger partial charge < -0.3 is 5.32 Å². The molecule has 2 aromatic rings. The van der Waals surface area contributed by atoms with Crippen LogP contribution in [0.1, 0.15) is 22.8 Å².